The molecule has 1 aliphatic rings. The third-order valence-electron chi connectivity index (χ3n) is 3.56. The molecule has 1 rings (SSSR count). The van der Waals surface area contributed by atoms with E-state index in [4.69, 9.17) is 0 Å². The Morgan fingerprint density at radius 2 is 1.64 bits per heavy atom. The second-order valence-electron chi connectivity index (χ2n) is 4.81. The van der Waals surface area contributed by atoms with Gasteiger partial charge in [-0.15, -0.1) is 0 Å². The molecule has 84 valence electrons. The van der Waals surface area contributed by atoms with Gasteiger partial charge in [0.15, 0.2) is 5.78 Å². The molecular formula is C11H22ClNO. The molecule has 0 bridgehead atoms. The Kier molecular flexibility index (Phi) is 5.10. The third-order valence-corrected chi connectivity index (χ3v) is 3.56. The number of piperidine rings is 1. The Balaban J connectivity index is 0.00000169. The van der Waals surface area contributed by atoms with E-state index in [1.807, 2.05) is 0 Å². The zero-order chi connectivity index (χ0) is 10.1. The Morgan fingerprint density at radius 1 is 1.14 bits per heavy atom. The average molecular weight is 220 g/mol. The molecule has 14 heavy (non-hydrogen) atoms. The number of rotatable bonds is 2. The van der Waals surface area contributed by atoms with E-state index < -0.39 is 0 Å². The molecule has 1 saturated heterocycles. The van der Waals surface area contributed by atoms with Gasteiger partial charge in [0.1, 0.15) is 6.54 Å². The van der Waals surface area contributed by atoms with Gasteiger partial charge >= 0.3 is 0 Å². The van der Waals surface area contributed by atoms with E-state index in [2.05, 4.69) is 27.7 Å². The number of halogens is 1. The lowest BCUT2D eigenvalue weighted by Gasteiger charge is -2.47. The molecule has 0 unspecified atom stereocenters. The first-order valence-electron chi connectivity index (χ1n) is 5.37. The summed E-state index contributed by atoms with van der Waals surface area (Å²) in [5, 5.41) is 0. The number of hydrogen-bond donors (Lipinski definition) is 0. The fourth-order valence-corrected chi connectivity index (χ4v) is 2.53. The summed E-state index contributed by atoms with van der Waals surface area (Å²) >= 11 is 0. The molecule has 0 radical (unpaired) electrons. The fourth-order valence-electron chi connectivity index (χ4n) is 2.53. The molecule has 0 aliphatic carbocycles. The number of hydrogen-bond acceptors (Lipinski definition) is 1. The molecule has 0 saturated carbocycles. The van der Waals surface area contributed by atoms with Crippen molar-refractivity contribution in [1.82, 2.24) is 0 Å². The first-order valence-corrected chi connectivity index (χ1v) is 5.37. The highest BCUT2D eigenvalue weighted by atomic mass is 35.5. The van der Waals surface area contributed by atoms with Crippen LogP contribution in [0.1, 0.15) is 40.5 Å². The molecule has 3 heteroatoms. The maximum absolute atomic E-state index is 11.5. The SMILES string of the molecule is CC(C)[N+]1(C(C)C)CCCC(=O)C1.[Cl-]. The van der Waals surface area contributed by atoms with Crippen LogP contribution in [-0.2, 0) is 4.79 Å². The second-order valence-corrected chi connectivity index (χ2v) is 4.81. The maximum atomic E-state index is 11.5. The highest BCUT2D eigenvalue weighted by Crippen LogP contribution is 2.24. The fraction of sp³-hybridized carbons (Fsp3) is 0.909. The Bertz CT molecular complexity index is 193. The molecule has 1 heterocycles. The molecule has 1 fully saturated rings. The first-order chi connectivity index (χ1) is 5.99. The van der Waals surface area contributed by atoms with E-state index in [0.29, 0.717) is 17.9 Å². The predicted molar refractivity (Wildman–Crippen MR) is 54.5 cm³/mol. The molecule has 0 atom stereocenters. The molecule has 0 aromatic rings. The number of ketones is 1. The maximum Gasteiger partial charge on any atom is 0.187 e. The minimum atomic E-state index is 0. The summed E-state index contributed by atoms with van der Waals surface area (Å²) in [4.78, 5) is 11.5. The van der Waals surface area contributed by atoms with Gasteiger partial charge in [-0.3, -0.25) is 4.79 Å². The number of nitrogens with zero attached hydrogens (tertiary/aromatic N) is 1. The van der Waals surface area contributed by atoms with E-state index in [1.54, 1.807) is 0 Å². The van der Waals surface area contributed by atoms with Crippen LogP contribution >= 0.6 is 0 Å². The van der Waals surface area contributed by atoms with Gasteiger partial charge in [0, 0.05) is 12.8 Å². The van der Waals surface area contributed by atoms with Gasteiger partial charge in [-0.1, -0.05) is 0 Å². The molecule has 0 N–H and O–H groups in total. The normalized spacial score (nSPS) is 21.1. The summed E-state index contributed by atoms with van der Waals surface area (Å²) in [6.45, 7) is 10.9. The summed E-state index contributed by atoms with van der Waals surface area (Å²) in [5.41, 5.74) is 0. The number of quaternary nitrogens is 1. The molecular weight excluding hydrogens is 198 g/mol. The molecule has 0 aromatic heterocycles. The lowest BCUT2D eigenvalue weighted by molar-refractivity contribution is -0.962. The third kappa shape index (κ3) is 2.48. The van der Waals surface area contributed by atoms with E-state index in [0.717, 1.165) is 23.9 Å². The standard InChI is InChI=1S/C11H22NO.ClH/c1-9(2)12(10(3)4)7-5-6-11(13)8-12;/h9-10H,5-8H2,1-4H3;1H/q+1;/p-1. The van der Waals surface area contributed by atoms with E-state index >= 15 is 0 Å². The van der Waals surface area contributed by atoms with E-state index in [1.165, 1.54) is 6.54 Å². The smallest absolute Gasteiger partial charge is 0.187 e. The average Bonchev–Trinajstić information content (AvgIpc) is 2.03. The quantitative estimate of drug-likeness (QED) is 0.544. The lowest BCUT2D eigenvalue weighted by Crippen LogP contribution is -3.00. The summed E-state index contributed by atoms with van der Waals surface area (Å²) in [6.07, 6.45) is 1.88. The van der Waals surface area contributed by atoms with Crippen molar-refractivity contribution in [2.24, 2.45) is 0 Å². The zero-order valence-electron chi connectivity index (χ0n) is 9.72. The van der Waals surface area contributed by atoms with Crippen molar-refractivity contribution in [3.05, 3.63) is 0 Å². The van der Waals surface area contributed by atoms with Gasteiger partial charge in [0.05, 0.1) is 18.6 Å². The van der Waals surface area contributed by atoms with E-state index in [9.17, 15) is 4.79 Å². The monoisotopic (exact) mass is 219 g/mol. The number of carbonyl (C=O) groups is 1. The molecule has 2 nitrogen and oxygen atoms in total. The van der Waals surface area contributed by atoms with Crippen molar-refractivity contribution < 1.29 is 21.7 Å². The van der Waals surface area contributed by atoms with Crippen LogP contribution in [0.4, 0.5) is 0 Å². The van der Waals surface area contributed by atoms with Crippen molar-refractivity contribution in [2.45, 2.75) is 52.6 Å². The van der Waals surface area contributed by atoms with Crippen LogP contribution in [0.15, 0.2) is 0 Å². The topological polar surface area (TPSA) is 17.1 Å². The highest BCUT2D eigenvalue weighted by Gasteiger charge is 2.39. The van der Waals surface area contributed by atoms with Gasteiger partial charge in [-0.25, -0.2) is 0 Å². The largest absolute Gasteiger partial charge is 1.00 e. The van der Waals surface area contributed by atoms with Gasteiger partial charge in [-0.2, -0.15) is 0 Å². The Hall–Kier alpha value is -0.0800. The van der Waals surface area contributed by atoms with Crippen LogP contribution in [0.5, 0.6) is 0 Å². The van der Waals surface area contributed by atoms with Gasteiger partial charge in [-0.05, 0) is 27.7 Å². The summed E-state index contributed by atoms with van der Waals surface area (Å²) < 4.78 is 0.999. The number of carbonyl (C=O) groups excluding carboxylic acids is 1. The Labute approximate surface area is 93.7 Å². The van der Waals surface area contributed by atoms with Crippen LogP contribution < -0.4 is 12.4 Å². The predicted octanol–water partition coefficient (Wildman–Crippen LogP) is -1.01. The second kappa shape index (κ2) is 5.13. The molecule has 0 spiro atoms. The van der Waals surface area contributed by atoms with Crippen LogP contribution in [0.25, 0.3) is 0 Å². The Morgan fingerprint density at radius 3 is 1.93 bits per heavy atom. The van der Waals surface area contributed by atoms with Crippen molar-refractivity contribution in [3.8, 4) is 0 Å². The number of likely N-dealkylation sites (tertiary alicyclic amines) is 1. The summed E-state index contributed by atoms with van der Waals surface area (Å²) in [6, 6.07) is 1.15. The van der Waals surface area contributed by atoms with Crippen LogP contribution in [0, 0.1) is 0 Å². The minimum absolute atomic E-state index is 0. The van der Waals surface area contributed by atoms with Crippen molar-refractivity contribution in [3.63, 3.8) is 0 Å². The molecule has 0 amide bonds. The van der Waals surface area contributed by atoms with Crippen molar-refractivity contribution in [2.75, 3.05) is 13.1 Å². The van der Waals surface area contributed by atoms with Crippen molar-refractivity contribution in [1.29, 1.82) is 0 Å². The molecule has 0 aromatic carbocycles. The van der Waals surface area contributed by atoms with Gasteiger partial charge in [0.25, 0.3) is 0 Å². The van der Waals surface area contributed by atoms with Gasteiger partial charge < -0.3 is 16.9 Å². The summed E-state index contributed by atoms with van der Waals surface area (Å²) in [7, 11) is 0. The number of Topliss-reactive ketones (excluding diaryl/α,β-unsaturated/α-hetero) is 1. The van der Waals surface area contributed by atoms with Crippen LogP contribution in [0.3, 0.4) is 0 Å². The van der Waals surface area contributed by atoms with Crippen LogP contribution in [-0.4, -0.2) is 35.4 Å². The van der Waals surface area contributed by atoms with Crippen LogP contribution in [0.2, 0.25) is 0 Å². The zero-order valence-corrected chi connectivity index (χ0v) is 10.5. The highest BCUT2D eigenvalue weighted by molar-refractivity contribution is 5.80. The molecule has 1 aliphatic heterocycles. The van der Waals surface area contributed by atoms with E-state index in [-0.39, 0.29) is 12.4 Å². The first kappa shape index (κ1) is 13.9. The lowest BCUT2D eigenvalue weighted by atomic mass is 10.0. The summed E-state index contributed by atoms with van der Waals surface area (Å²) in [5.74, 6) is 0.452. The van der Waals surface area contributed by atoms with Crippen molar-refractivity contribution >= 4 is 5.78 Å². The van der Waals surface area contributed by atoms with Gasteiger partial charge in [0.2, 0.25) is 0 Å². The minimum Gasteiger partial charge on any atom is -1.00 e.